The summed E-state index contributed by atoms with van der Waals surface area (Å²) in [5.74, 6) is 0.725. The average Bonchev–Trinajstić information content (AvgIpc) is 3.03. The predicted octanol–water partition coefficient (Wildman–Crippen LogP) is 2.23. The Labute approximate surface area is 121 Å². The molecule has 20 heavy (non-hydrogen) atoms. The maximum Gasteiger partial charge on any atom is 0.249 e. The SMILES string of the molecule is CC(C)CN1C(=O)C2(CCCC2)NC(=O)C12CCCC2. The van der Waals surface area contributed by atoms with Crippen LogP contribution in [-0.2, 0) is 9.59 Å². The van der Waals surface area contributed by atoms with Crippen molar-refractivity contribution >= 4 is 11.8 Å². The molecule has 2 saturated carbocycles. The maximum atomic E-state index is 13.1. The summed E-state index contributed by atoms with van der Waals surface area (Å²) in [7, 11) is 0. The first-order valence-electron chi connectivity index (χ1n) is 8.15. The van der Waals surface area contributed by atoms with Crippen molar-refractivity contribution in [2.75, 3.05) is 6.54 Å². The van der Waals surface area contributed by atoms with E-state index in [-0.39, 0.29) is 11.8 Å². The standard InChI is InChI=1S/C16H26N2O2/c1-12(2)11-18-14(20)15(7-3-4-8-15)17-13(19)16(18)9-5-6-10-16/h12H,3-11H2,1-2H3,(H,17,19). The molecule has 4 nitrogen and oxygen atoms in total. The number of amides is 2. The molecule has 0 unspecified atom stereocenters. The molecule has 3 fully saturated rings. The van der Waals surface area contributed by atoms with Gasteiger partial charge in [0, 0.05) is 6.54 Å². The third-order valence-corrected chi connectivity index (χ3v) is 5.38. The van der Waals surface area contributed by atoms with Gasteiger partial charge in [-0.25, -0.2) is 0 Å². The molecule has 0 aromatic carbocycles. The zero-order chi connectivity index (χ0) is 14.4. The van der Waals surface area contributed by atoms with Gasteiger partial charge in [-0.2, -0.15) is 0 Å². The predicted molar refractivity (Wildman–Crippen MR) is 77.1 cm³/mol. The molecule has 1 saturated heterocycles. The molecule has 1 heterocycles. The lowest BCUT2D eigenvalue weighted by Gasteiger charge is -2.51. The number of rotatable bonds is 2. The average molecular weight is 278 g/mol. The molecule has 112 valence electrons. The molecular weight excluding hydrogens is 252 g/mol. The number of hydrogen-bond donors (Lipinski definition) is 1. The highest BCUT2D eigenvalue weighted by molar-refractivity contribution is 6.02. The third-order valence-electron chi connectivity index (χ3n) is 5.38. The van der Waals surface area contributed by atoms with Crippen LogP contribution in [0.1, 0.15) is 65.2 Å². The van der Waals surface area contributed by atoms with E-state index in [1.54, 1.807) is 0 Å². The maximum absolute atomic E-state index is 13.1. The van der Waals surface area contributed by atoms with E-state index in [0.29, 0.717) is 12.5 Å². The minimum absolute atomic E-state index is 0.122. The molecule has 4 heteroatoms. The normalized spacial score (nSPS) is 27.9. The highest BCUT2D eigenvalue weighted by atomic mass is 16.2. The summed E-state index contributed by atoms with van der Waals surface area (Å²) in [6.45, 7) is 4.97. The van der Waals surface area contributed by atoms with Crippen LogP contribution in [0.25, 0.3) is 0 Å². The zero-order valence-corrected chi connectivity index (χ0v) is 12.7. The summed E-state index contributed by atoms with van der Waals surface area (Å²) in [6.07, 6.45) is 7.54. The van der Waals surface area contributed by atoms with Crippen LogP contribution in [0.15, 0.2) is 0 Å². The monoisotopic (exact) mass is 278 g/mol. The van der Waals surface area contributed by atoms with Crippen molar-refractivity contribution in [3.05, 3.63) is 0 Å². The van der Waals surface area contributed by atoms with Crippen LogP contribution in [0, 0.1) is 5.92 Å². The number of carbonyl (C=O) groups excluding carboxylic acids is 2. The minimum Gasteiger partial charge on any atom is -0.340 e. The Morgan fingerprint density at radius 2 is 1.60 bits per heavy atom. The van der Waals surface area contributed by atoms with E-state index in [9.17, 15) is 9.59 Å². The molecule has 0 radical (unpaired) electrons. The van der Waals surface area contributed by atoms with Gasteiger partial charge in [-0.15, -0.1) is 0 Å². The van der Waals surface area contributed by atoms with Crippen molar-refractivity contribution < 1.29 is 9.59 Å². The summed E-state index contributed by atoms with van der Waals surface area (Å²) < 4.78 is 0. The Morgan fingerprint density at radius 1 is 1.05 bits per heavy atom. The van der Waals surface area contributed by atoms with Gasteiger partial charge in [0.25, 0.3) is 0 Å². The van der Waals surface area contributed by atoms with Gasteiger partial charge in [0.1, 0.15) is 11.1 Å². The fraction of sp³-hybridized carbons (Fsp3) is 0.875. The van der Waals surface area contributed by atoms with Gasteiger partial charge in [0.05, 0.1) is 0 Å². The number of nitrogens with zero attached hydrogens (tertiary/aromatic N) is 1. The van der Waals surface area contributed by atoms with Crippen LogP contribution in [0.2, 0.25) is 0 Å². The van der Waals surface area contributed by atoms with E-state index in [4.69, 9.17) is 0 Å². The Balaban J connectivity index is 1.97. The van der Waals surface area contributed by atoms with Gasteiger partial charge < -0.3 is 10.2 Å². The molecule has 1 aliphatic heterocycles. The molecule has 3 aliphatic rings. The fourth-order valence-electron chi connectivity index (χ4n) is 4.36. The van der Waals surface area contributed by atoms with E-state index in [1.807, 2.05) is 4.90 Å². The fourth-order valence-corrected chi connectivity index (χ4v) is 4.36. The molecule has 2 spiro atoms. The van der Waals surface area contributed by atoms with Crippen LogP contribution in [0.5, 0.6) is 0 Å². The van der Waals surface area contributed by atoms with Crippen molar-refractivity contribution in [3.8, 4) is 0 Å². The van der Waals surface area contributed by atoms with Crippen LogP contribution in [0.3, 0.4) is 0 Å². The summed E-state index contributed by atoms with van der Waals surface area (Å²) in [6, 6.07) is 0. The highest BCUT2D eigenvalue weighted by Crippen LogP contribution is 2.44. The quantitative estimate of drug-likeness (QED) is 0.842. The second-order valence-electron chi connectivity index (χ2n) is 7.29. The number of piperazine rings is 1. The van der Waals surface area contributed by atoms with Gasteiger partial charge in [0.15, 0.2) is 0 Å². The van der Waals surface area contributed by atoms with Crippen molar-refractivity contribution in [1.29, 1.82) is 0 Å². The van der Waals surface area contributed by atoms with Crippen LogP contribution in [-0.4, -0.2) is 34.3 Å². The van der Waals surface area contributed by atoms with E-state index in [2.05, 4.69) is 19.2 Å². The molecule has 3 rings (SSSR count). The van der Waals surface area contributed by atoms with Crippen molar-refractivity contribution in [2.24, 2.45) is 5.92 Å². The smallest absolute Gasteiger partial charge is 0.249 e. The minimum atomic E-state index is -0.570. The van der Waals surface area contributed by atoms with E-state index >= 15 is 0 Å². The van der Waals surface area contributed by atoms with Gasteiger partial charge >= 0.3 is 0 Å². The van der Waals surface area contributed by atoms with Crippen LogP contribution in [0.4, 0.5) is 0 Å². The Bertz CT molecular complexity index is 418. The summed E-state index contributed by atoms with van der Waals surface area (Å²) in [5.41, 5.74) is -1.10. The van der Waals surface area contributed by atoms with Crippen LogP contribution >= 0.6 is 0 Å². The molecule has 0 atom stereocenters. The summed E-state index contributed by atoms with van der Waals surface area (Å²) in [4.78, 5) is 27.9. The van der Waals surface area contributed by atoms with E-state index in [1.165, 1.54) is 0 Å². The Kier molecular flexibility index (Phi) is 3.30. The van der Waals surface area contributed by atoms with Crippen molar-refractivity contribution in [1.82, 2.24) is 10.2 Å². The molecule has 0 aromatic heterocycles. The summed E-state index contributed by atoms with van der Waals surface area (Å²) in [5, 5.41) is 3.15. The first-order chi connectivity index (χ1) is 9.50. The molecule has 0 bridgehead atoms. The summed E-state index contributed by atoms with van der Waals surface area (Å²) >= 11 is 0. The second kappa shape index (κ2) is 4.74. The van der Waals surface area contributed by atoms with Gasteiger partial charge in [-0.3, -0.25) is 9.59 Å². The number of carbonyl (C=O) groups is 2. The van der Waals surface area contributed by atoms with Gasteiger partial charge in [-0.1, -0.05) is 39.5 Å². The number of hydrogen-bond acceptors (Lipinski definition) is 2. The molecular formula is C16H26N2O2. The lowest BCUT2D eigenvalue weighted by Crippen LogP contribution is -2.74. The lowest BCUT2D eigenvalue weighted by molar-refractivity contribution is -0.163. The van der Waals surface area contributed by atoms with Gasteiger partial charge in [0.2, 0.25) is 11.8 Å². The number of nitrogens with one attached hydrogen (secondary N) is 1. The van der Waals surface area contributed by atoms with Crippen molar-refractivity contribution in [2.45, 2.75) is 76.3 Å². The van der Waals surface area contributed by atoms with Crippen molar-refractivity contribution in [3.63, 3.8) is 0 Å². The topological polar surface area (TPSA) is 49.4 Å². The van der Waals surface area contributed by atoms with Gasteiger partial charge in [-0.05, 0) is 31.6 Å². The van der Waals surface area contributed by atoms with E-state index < -0.39 is 11.1 Å². The second-order valence-corrected chi connectivity index (χ2v) is 7.29. The largest absolute Gasteiger partial charge is 0.340 e. The third kappa shape index (κ3) is 1.87. The Morgan fingerprint density at radius 3 is 2.15 bits per heavy atom. The Hall–Kier alpha value is -1.06. The zero-order valence-electron chi connectivity index (χ0n) is 12.7. The molecule has 0 aromatic rings. The first kappa shape index (κ1) is 13.9. The lowest BCUT2D eigenvalue weighted by atomic mass is 9.82. The highest BCUT2D eigenvalue weighted by Gasteiger charge is 2.59. The first-order valence-corrected chi connectivity index (χ1v) is 8.15. The molecule has 2 amide bonds. The molecule has 2 aliphatic carbocycles. The molecule has 1 N–H and O–H groups in total. The van der Waals surface area contributed by atoms with E-state index in [0.717, 1.165) is 51.4 Å². The van der Waals surface area contributed by atoms with Crippen LogP contribution < -0.4 is 5.32 Å².